The van der Waals surface area contributed by atoms with Crippen LogP contribution in [0.5, 0.6) is 0 Å². The Morgan fingerprint density at radius 3 is 2.75 bits per heavy atom. The van der Waals surface area contributed by atoms with Crippen molar-refractivity contribution in [3.8, 4) is 11.6 Å². The predicted molar refractivity (Wildman–Crippen MR) is 57.4 cm³/mol. The Hall–Kier alpha value is -2.37. The molecule has 16 heavy (non-hydrogen) atoms. The topological polar surface area (TPSA) is 108 Å². The SMILES string of the molecule is Cc1ccoc1-c1ncc(C(N)=O)c(N)n1. The summed E-state index contributed by atoms with van der Waals surface area (Å²) in [5.74, 6) is 0.265. The highest BCUT2D eigenvalue weighted by molar-refractivity contribution is 5.96. The molecule has 0 aliphatic rings. The first-order valence-corrected chi connectivity index (χ1v) is 4.56. The van der Waals surface area contributed by atoms with Crippen LogP contribution in [-0.4, -0.2) is 15.9 Å². The fourth-order valence-corrected chi connectivity index (χ4v) is 1.30. The molecule has 0 fully saturated rings. The van der Waals surface area contributed by atoms with E-state index < -0.39 is 5.91 Å². The zero-order valence-electron chi connectivity index (χ0n) is 8.60. The highest BCUT2D eigenvalue weighted by Crippen LogP contribution is 2.21. The van der Waals surface area contributed by atoms with Gasteiger partial charge in [0.05, 0.1) is 11.8 Å². The second kappa shape index (κ2) is 3.65. The third-order valence-electron chi connectivity index (χ3n) is 2.15. The molecule has 0 aliphatic carbocycles. The third-order valence-corrected chi connectivity index (χ3v) is 2.15. The normalized spacial score (nSPS) is 10.3. The van der Waals surface area contributed by atoms with Gasteiger partial charge in [-0.2, -0.15) is 0 Å². The lowest BCUT2D eigenvalue weighted by Crippen LogP contribution is -2.15. The molecule has 0 saturated carbocycles. The Bertz CT molecular complexity index is 548. The van der Waals surface area contributed by atoms with Crippen molar-refractivity contribution in [3.05, 3.63) is 29.7 Å². The molecule has 0 bridgehead atoms. The Labute approximate surface area is 91.3 Å². The van der Waals surface area contributed by atoms with Gasteiger partial charge >= 0.3 is 0 Å². The first kappa shape index (κ1) is 10.2. The van der Waals surface area contributed by atoms with E-state index >= 15 is 0 Å². The summed E-state index contributed by atoms with van der Waals surface area (Å²) in [6.45, 7) is 1.86. The van der Waals surface area contributed by atoms with E-state index in [0.717, 1.165) is 5.56 Å². The Morgan fingerprint density at radius 1 is 1.50 bits per heavy atom. The van der Waals surface area contributed by atoms with Crippen LogP contribution >= 0.6 is 0 Å². The van der Waals surface area contributed by atoms with E-state index in [4.69, 9.17) is 15.9 Å². The smallest absolute Gasteiger partial charge is 0.254 e. The molecule has 1 amide bonds. The van der Waals surface area contributed by atoms with Crippen LogP contribution in [0.4, 0.5) is 5.82 Å². The number of hydrogen-bond donors (Lipinski definition) is 2. The average Bonchev–Trinajstić information content (AvgIpc) is 2.63. The van der Waals surface area contributed by atoms with Gasteiger partial charge in [0.2, 0.25) is 0 Å². The summed E-state index contributed by atoms with van der Waals surface area (Å²) in [7, 11) is 0. The fourth-order valence-electron chi connectivity index (χ4n) is 1.30. The quantitative estimate of drug-likeness (QED) is 0.772. The standard InChI is InChI=1S/C10H10N4O2/c1-5-2-3-16-7(5)10-13-4-6(9(12)15)8(11)14-10/h2-4H,1H3,(H2,12,15)(H2,11,13,14). The van der Waals surface area contributed by atoms with E-state index in [0.29, 0.717) is 11.6 Å². The number of rotatable bonds is 2. The van der Waals surface area contributed by atoms with Crippen molar-refractivity contribution in [2.75, 3.05) is 5.73 Å². The molecule has 0 spiro atoms. The number of anilines is 1. The van der Waals surface area contributed by atoms with Crippen molar-refractivity contribution in [2.45, 2.75) is 6.92 Å². The minimum Gasteiger partial charge on any atom is -0.461 e. The number of amides is 1. The van der Waals surface area contributed by atoms with Crippen LogP contribution in [-0.2, 0) is 0 Å². The Kier molecular flexibility index (Phi) is 2.32. The molecule has 0 aliphatic heterocycles. The number of nitrogens with zero attached hydrogens (tertiary/aromatic N) is 2. The van der Waals surface area contributed by atoms with Gasteiger partial charge in [-0.3, -0.25) is 4.79 Å². The number of hydrogen-bond acceptors (Lipinski definition) is 5. The monoisotopic (exact) mass is 218 g/mol. The molecule has 0 radical (unpaired) electrons. The molecule has 2 aromatic heterocycles. The number of aryl methyl sites for hydroxylation is 1. The largest absolute Gasteiger partial charge is 0.461 e. The van der Waals surface area contributed by atoms with Gasteiger partial charge in [-0.15, -0.1) is 0 Å². The van der Waals surface area contributed by atoms with Gasteiger partial charge in [0.1, 0.15) is 5.82 Å². The lowest BCUT2D eigenvalue weighted by molar-refractivity contribution is 0.100. The van der Waals surface area contributed by atoms with Crippen molar-refractivity contribution in [1.82, 2.24) is 9.97 Å². The second-order valence-electron chi connectivity index (χ2n) is 3.29. The van der Waals surface area contributed by atoms with Crippen molar-refractivity contribution in [1.29, 1.82) is 0 Å². The molecule has 4 N–H and O–H groups in total. The van der Waals surface area contributed by atoms with Crippen LogP contribution in [0.25, 0.3) is 11.6 Å². The Balaban J connectivity index is 2.50. The Morgan fingerprint density at radius 2 is 2.25 bits per heavy atom. The summed E-state index contributed by atoms with van der Waals surface area (Å²) in [4.78, 5) is 18.9. The lowest BCUT2D eigenvalue weighted by atomic mass is 10.2. The lowest BCUT2D eigenvalue weighted by Gasteiger charge is -2.02. The first-order valence-electron chi connectivity index (χ1n) is 4.56. The number of nitrogens with two attached hydrogens (primary N) is 2. The summed E-state index contributed by atoms with van der Waals surface area (Å²) < 4.78 is 5.21. The number of primary amides is 1. The van der Waals surface area contributed by atoms with Crippen molar-refractivity contribution in [3.63, 3.8) is 0 Å². The van der Waals surface area contributed by atoms with E-state index in [1.54, 1.807) is 6.07 Å². The minimum atomic E-state index is -0.653. The van der Waals surface area contributed by atoms with E-state index in [9.17, 15) is 4.79 Å². The van der Waals surface area contributed by atoms with Crippen molar-refractivity contribution in [2.24, 2.45) is 5.73 Å². The summed E-state index contributed by atoms with van der Waals surface area (Å²) in [5.41, 5.74) is 11.7. The third kappa shape index (κ3) is 1.60. The number of nitrogen functional groups attached to an aromatic ring is 1. The molecular weight excluding hydrogens is 208 g/mol. The average molecular weight is 218 g/mol. The summed E-state index contributed by atoms with van der Waals surface area (Å²) in [5, 5.41) is 0. The van der Waals surface area contributed by atoms with Crippen LogP contribution in [0, 0.1) is 6.92 Å². The van der Waals surface area contributed by atoms with E-state index in [1.165, 1.54) is 12.5 Å². The zero-order valence-corrected chi connectivity index (χ0v) is 8.60. The number of carbonyl (C=O) groups is 1. The highest BCUT2D eigenvalue weighted by Gasteiger charge is 2.13. The van der Waals surface area contributed by atoms with Crippen LogP contribution in [0.2, 0.25) is 0 Å². The van der Waals surface area contributed by atoms with Crippen LogP contribution in [0.1, 0.15) is 15.9 Å². The van der Waals surface area contributed by atoms with Gasteiger partial charge in [0.25, 0.3) is 5.91 Å². The predicted octanol–water partition coefficient (Wildman–Crippen LogP) is 0.726. The van der Waals surface area contributed by atoms with Crippen molar-refractivity contribution >= 4 is 11.7 Å². The molecule has 2 aromatic rings. The summed E-state index contributed by atoms with van der Waals surface area (Å²) in [6, 6.07) is 1.79. The fraction of sp³-hybridized carbons (Fsp3) is 0.100. The maximum atomic E-state index is 10.9. The van der Waals surface area contributed by atoms with E-state index in [-0.39, 0.29) is 11.4 Å². The molecule has 6 heteroatoms. The molecule has 0 unspecified atom stereocenters. The second-order valence-corrected chi connectivity index (χ2v) is 3.29. The minimum absolute atomic E-state index is 0.0494. The maximum absolute atomic E-state index is 10.9. The molecule has 82 valence electrons. The van der Waals surface area contributed by atoms with Gasteiger partial charge in [-0.25, -0.2) is 9.97 Å². The molecule has 0 aromatic carbocycles. The molecule has 0 atom stereocenters. The zero-order chi connectivity index (χ0) is 11.7. The summed E-state index contributed by atoms with van der Waals surface area (Å²) in [6.07, 6.45) is 2.83. The van der Waals surface area contributed by atoms with Gasteiger partial charge in [-0.1, -0.05) is 0 Å². The van der Waals surface area contributed by atoms with Gasteiger partial charge < -0.3 is 15.9 Å². The number of furan rings is 1. The molecular formula is C10H10N4O2. The molecule has 6 nitrogen and oxygen atoms in total. The molecule has 2 rings (SSSR count). The molecule has 0 saturated heterocycles. The first-order chi connectivity index (χ1) is 7.59. The van der Waals surface area contributed by atoms with Crippen LogP contribution in [0.15, 0.2) is 22.9 Å². The van der Waals surface area contributed by atoms with Crippen LogP contribution in [0.3, 0.4) is 0 Å². The maximum Gasteiger partial charge on any atom is 0.254 e. The molecule has 2 heterocycles. The van der Waals surface area contributed by atoms with Crippen LogP contribution < -0.4 is 11.5 Å². The van der Waals surface area contributed by atoms with Gasteiger partial charge in [0.15, 0.2) is 11.6 Å². The highest BCUT2D eigenvalue weighted by atomic mass is 16.3. The number of carbonyl (C=O) groups excluding carboxylic acids is 1. The van der Waals surface area contributed by atoms with Gasteiger partial charge in [0, 0.05) is 6.20 Å². The number of aromatic nitrogens is 2. The van der Waals surface area contributed by atoms with Crippen molar-refractivity contribution < 1.29 is 9.21 Å². The van der Waals surface area contributed by atoms with E-state index in [1.807, 2.05) is 6.92 Å². The van der Waals surface area contributed by atoms with E-state index in [2.05, 4.69) is 9.97 Å². The van der Waals surface area contributed by atoms with Gasteiger partial charge in [-0.05, 0) is 18.6 Å². The summed E-state index contributed by atoms with van der Waals surface area (Å²) >= 11 is 0.